The molecule has 1 atom stereocenters. The van der Waals surface area contributed by atoms with Gasteiger partial charge in [-0.25, -0.2) is 0 Å². The molecule has 1 unspecified atom stereocenters. The highest BCUT2D eigenvalue weighted by Crippen LogP contribution is 2.21. The van der Waals surface area contributed by atoms with Crippen molar-refractivity contribution in [3.63, 3.8) is 0 Å². The Labute approximate surface area is 123 Å². The van der Waals surface area contributed by atoms with E-state index >= 15 is 0 Å². The molecular formula is C14H24N2O3S. The van der Waals surface area contributed by atoms with Gasteiger partial charge in [0.25, 0.3) is 0 Å². The van der Waals surface area contributed by atoms with Gasteiger partial charge in [0.2, 0.25) is 11.8 Å². The molecule has 2 amide bonds. The molecule has 0 radical (unpaired) electrons. The highest BCUT2D eigenvalue weighted by molar-refractivity contribution is 7.86. The molecule has 1 fully saturated rings. The lowest BCUT2D eigenvalue weighted by Crippen LogP contribution is -2.43. The van der Waals surface area contributed by atoms with Crippen molar-refractivity contribution >= 4 is 22.6 Å². The van der Waals surface area contributed by atoms with Crippen molar-refractivity contribution < 1.29 is 13.8 Å². The lowest BCUT2D eigenvalue weighted by Gasteiger charge is -2.25. The van der Waals surface area contributed by atoms with Crippen molar-refractivity contribution in [2.45, 2.75) is 31.9 Å². The highest BCUT2D eigenvalue weighted by Gasteiger charge is 2.31. The van der Waals surface area contributed by atoms with Crippen LogP contribution in [0.25, 0.3) is 0 Å². The van der Waals surface area contributed by atoms with Crippen LogP contribution in [-0.4, -0.2) is 62.5 Å². The van der Waals surface area contributed by atoms with E-state index in [-0.39, 0.29) is 23.1 Å². The Bertz CT molecular complexity index is 421. The molecule has 1 rings (SSSR count). The minimum atomic E-state index is -0.921. The van der Waals surface area contributed by atoms with E-state index in [1.54, 1.807) is 4.90 Å². The number of rotatable bonds is 4. The van der Waals surface area contributed by atoms with Crippen molar-refractivity contribution in [2.24, 2.45) is 0 Å². The van der Waals surface area contributed by atoms with Gasteiger partial charge in [0.05, 0.1) is 6.54 Å². The quantitative estimate of drug-likeness (QED) is 0.721. The molecule has 1 aliphatic rings. The Balaban J connectivity index is 2.66. The number of amides is 2. The summed E-state index contributed by atoms with van der Waals surface area (Å²) in [6.07, 6.45) is 1.93. The van der Waals surface area contributed by atoms with Crippen LogP contribution in [0.2, 0.25) is 0 Å². The molecule has 1 aliphatic heterocycles. The van der Waals surface area contributed by atoms with E-state index in [1.807, 2.05) is 20.8 Å². The normalized spacial score (nSPS) is 21.9. The van der Waals surface area contributed by atoms with Gasteiger partial charge in [0.15, 0.2) is 0 Å². The zero-order chi connectivity index (χ0) is 15.3. The molecular weight excluding hydrogens is 276 g/mol. The maximum absolute atomic E-state index is 12.3. The molecule has 6 heteroatoms. The minimum absolute atomic E-state index is 0.0639. The zero-order valence-corrected chi connectivity index (χ0v) is 13.4. The van der Waals surface area contributed by atoms with Crippen LogP contribution < -0.4 is 0 Å². The fourth-order valence-corrected chi connectivity index (χ4v) is 3.34. The molecule has 0 aromatic carbocycles. The first-order chi connectivity index (χ1) is 9.31. The summed E-state index contributed by atoms with van der Waals surface area (Å²) in [4.78, 5) is 27.0. The van der Waals surface area contributed by atoms with Gasteiger partial charge < -0.3 is 9.80 Å². The van der Waals surface area contributed by atoms with Gasteiger partial charge in [-0.3, -0.25) is 13.8 Å². The molecule has 114 valence electrons. The second-order valence-electron chi connectivity index (χ2n) is 5.50. The molecule has 0 bridgehead atoms. The van der Waals surface area contributed by atoms with Gasteiger partial charge >= 0.3 is 0 Å². The number of hydrogen-bond acceptors (Lipinski definition) is 3. The van der Waals surface area contributed by atoms with Crippen molar-refractivity contribution in [3.05, 3.63) is 12.7 Å². The maximum Gasteiger partial charge on any atom is 0.246 e. The number of nitrogens with zero attached hydrogens (tertiary/aromatic N) is 2. The second-order valence-corrected chi connectivity index (χ2v) is 7.70. The fraction of sp³-hybridized carbons (Fsp3) is 0.714. The van der Waals surface area contributed by atoms with Crippen LogP contribution in [0.4, 0.5) is 0 Å². The summed E-state index contributed by atoms with van der Waals surface area (Å²) in [6, 6.07) is 0. The molecule has 0 saturated carbocycles. The summed E-state index contributed by atoms with van der Waals surface area (Å²) >= 11 is 0. The summed E-state index contributed by atoms with van der Waals surface area (Å²) in [7, 11) is -0.921. The predicted molar refractivity (Wildman–Crippen MR) is 80.7 cm³/mol. The van der Waals surface area contributed by atoms with E-state index in [2.05, 4.69) is 6.58 Å². The van der Waals surface area contributed by atoms with Gasteiger partial charge in [-0.1, -0.05) is 6.58 Å². The minimum Gasteiger partial charge on any atom is -0.340 e. The third kappa shape index (κ3) is 4.16. The molecule has 1 heterocycles. The van der Waals surface area contributed by atoms with Gasteiger partial charge in [-0.15, -0.1) is 0 Å². The average molecular weight is 300 g/mol. The summed E-state index contributed by atoms with van der Waals surface area (Å²) < 4.78 is 11.8. The standard InChI is InChI=1S/C14H24N2O3S/c1-5-12(17)15(6-2)11-13(18)16-8-7-14(3,4)20(19)10-9-16/h5H,1,6-11H2,2-4H3. The highest BCUT2D eigenvalue weighted by atomic mass is 32.2. The lowest BCUT2D eigenvalue weighted by atomic mass is 10.1. The van der Waals surface area contributed by atoms with E-state index < -0.39 is 10.8 Å². The van der Waals surface area contributed by atoms with Crippen molar-refractivity contribution in [2.75, 3.05) is 31.9 Å². The van der Waals surface area contributed by atoms with Crippen LogP contribution >= 0.6 is 0 Å². The van der Waals surface area contributed by atoms with E-state index in [0.717, 1.165) is 0 Å². The molecule has 0 aromatic heterocycles. The van der Waals surface area contributed by atoms with E-state index in [4.69, 9.17) is 0 Å². The summed E-state index contributed by atoms with van der Waals surface area (Å²) in [6.45, 7) is 10.8. The van der Waals surface area contributed by atoms with Crippen molar-refractivity contribution in [1.82, 2.24) is 9.80 Å². The number of hydrogen-bond donors (Lipinski definition) is 0. The van der Waals surface area contributed by atoms with Crippen LogP contribution in [0.5, 0.6) is 0 Å². The SMILES string of the molecule is C=CC(=O)N(CC)CC(=O)N1CCS(=O)C(C)(C)CC1. The van der Waals surface area contributed by atoms with Gasteiger partial charge in [0, 0.05) is 40.9 Å². The molecule has 1 saturated heterocycles. The summed E-state index contributed by atoms with van der Waals surface area (Å²) in [5.41, 5.74) is 0. The molecule has 0 aromatic rings. The van der Waals surface area contributed by atoms with Crippen molar-refractivity contribution in [1.29, 1.82) is 0 Å². The topological polar surface area (TPSA) is 57.7 Å². The molecule has 0 aliphatic carbocycles. The average Bonchev–Trinajstić information content (AvgIpc) is 2.55. The van der Waals surface area contributed by atoms with E-state index in [9.17, 15) is 13.8 Å². The second kappa shape index (κ2) is 7.02. The van der Waals surface area contributed by atoms with Gasteiger partial charge in [0.1, 0.15) is 0 Å². The van der Waals surface area contributed by atoms with Crippen LogP contribution in [-0.2, 0) is 20.4 Å². The first kappa shape index (κ1) is 16.9. The summed E-state index contributed by atoms with van der Waals surface area (Å²) in [5.74, 6) is 0.177. The van der Waals surface area contributed by atoms with Crippen molar-refractivity contribution in [3.8, 4) is 0 Å². The predicted octanol–water partition coefficient (Wildman–Crippen LogP) is 0.781. The van der Waals surface area contributed by atoms with Crippen LogP contribution in [0.15, 0.2) is 12.7 Å². The molecule has 0 N–H and O–H groups in total. The largest absolute Gasteiger partial charge is 0.340 e. The Morgan fingerprint density at radius 3 is 2.60 bits per heavy atom. The number of likely N-dealkylation sites (N-methyl/N-ethyl adjacent to an activating group) is 1. The third-order valence-corrected chi connectivity index (χ3v) is 5.68. The fourth-order valence-electron chi connectivity index (χ4n) is 2.09. The maximum atomic E-state index is 12.3. The smallest absolute Gasteiger partial charge is 0.246 e. The third-order valence-electron chi connectivity index (χ3n) is 3.69. The first-order valence-corrected chi connectivity index (χ1v) is 8.21. The van der Waals surface area contributed by atoms with Gasteiger partial charge in [-0.05, 0) is 33.3 Å². The lowest BCUT2D eigenvalue weighted by molar-refractivity contribution is -0.137. The Morgan fingerprint density at radius 2 is 2.05 bits per heavy atom. The van der Waals surface area contributed by atoms with E-state index in [0.29, 0.717) is 31.8 Å². The summed E-state index contributed by atoms with van der Waals surface area (Å²) in [5, 5.41) is 0. The van der Waals surface area contributed by atoms with E-state index in [1.165, 1.54) is 11.0 Å². The van der Waals surface area contributed by atoms with Crippen LogP contribution in [0.1, 0.15) is 27.2 Å². The zero-order valence-electron chi connectivity index (χ0n) is 12.6. The Hall–Kier alpha value is -1.17. The monoisotopic (exact) mass is 300 g/mol. The molecule has 5 nitrogen and oxygen atoms in total. The van der Waals surface area contributed by atoms with Crippen LogP contribution in [0.3, 0.4) is 0 Å². The van der Waals surface area contributed by atoms with Gasteiger partial charge in [-0.2, -0.15) is 0 Å². The first-order valence-electron chi connectivity index (χ1n) is 6.89. The Kier molecular flexibility index (Phi) is 5.92. The number of carbonyl (C=O) groups is 2. The Morgan fingerprint density at radius 1 is 1.40 bits per heavy atom. The number of carbonyl (C=O) groups excluding carboxylic acids is 2. The molecule has 0 spiro atoms. The van der Waals surface area contributed by atoms with Crippen LogP contribution in [0, 0.1) is 0 Å². The molecule has 20 heavy (non-hydrogen) atoms.